The third kappa shape index (κ3) is 3.39. The molecule has 1 N–H and O–H groups in total. The lowest BCUT2D eigenvalue weighted by Crippen LogP contribution is -2.46. The number of para-hydroxylation sites is 1. The van der Waals surface area contributed by atoms with E-state index in [2.05, 4.69) is 5.32 Å². The van der Waals surface area contributed by atoms with Crippen LogP contribution in [-0.2, 0) is 15.0 Å². The lowest BCUT2D eigenvalue weighted by Gasteiger charge is -2.32. The Morgan fingerprint density at radius 2 is 1.75 bits per heavy atom. The van der Waals surface area contributed by atoms with E-state index < -0.39 is 10.2 Å². The van der Waals surface area contributed by atoms with Gasteiger partial charge in [0, 0.05) is 55.6 Å². The van der Waals surface area contributed by atoms with E-state index in [9.17, 15) is 13.2 Å². The van der Waals surface area contributed by atoms with Gasteiger partial charge in [-0.05, 0) is 31.0 Å². The zero-order chi connectivity index (χ0) is 19.9. The summed E-state index contributed by atoms with van der Waals surface area (Å²) in [5.41, 5.74) is 2.22. The van der Waals surface area contributed by atoms with Crippen molar-refractivity contribution in [3.63, 3.8) is 0 Å². The molecule has 0 radical (unpaired) electrons. The van der Waals surface area contributed by atoms with Crippen molar-refractivity contribution in [3.05, 3.63) is 42.5 Å². The third-order valence-corrected chi connectivity index (χ3v) is 7.20. The van der Waals surface area contributed by atoms with Crippen LogP contribution in [0.4, 0.5) is 5.69 Å². The molecule has 4 rings (SSSR count). The van der Waals surface area contributed by atoms with Gasteiger partial charge in [0.1, 0.15) is 11.2 Å². The van der Waals surface area contributed by atoms with Gasteiger partial charge in [-0.25, -0.2) is 0 Å². The van der Waals surface area contributed by atoms with Gasteiger partial charge in [0.25, 0.3) is 10.2 Å². The number of nitrogens with zero attached hydrogens (tertiary/aromatic N) is 2. The lowest BCUT2D eigenvalue weighted by molar-refractivity contribution is -0.120. The van der Waals surface area contributed by atoms with Crippen molar-refractivity contribution in [2.45, 2.75) is 12.8 Å². The van der Waals surface area contributed by atoms with Crippen molar-refractivity contribution in [2.75, 3.05) is 32.5 Å². The molecule has 1 saturated heterocycles. The zero-order valence-electron chi connectivity index (χ0n) is 15.9. The molecule has 148 valence electrons. The maximum absolute atomic E-state index is 12.6. The van der Waals surface area contributed by atoms with Crippen molar-refractivity contribution in [1.82, 2.24) is 8.61 Å². The van der Waals surface area contributed by atoms with E-state index in [0.717, 1.165) is 21.9 Å². The summed E-state index contributed by atoms with van der Waals surface area (Å²) in [5.74, 6) is -0.294. The number of carbonyl (C=O) groups excluding carboxylic acids is 1. The van der Waals surface area contributed by atoms with E-state index in [0.29, 0.717) is 31.6 Å². The Hall–Kier alpha value is -2.42. The van der Waals surface area contributed by atoms with Gasteiger partial charge in [-0.1, -0.05) is 18.2 Å². The standard InChI is InChI=1S/C20H23N3O4S/c1-22(2)28(25,26)23-11-9-14(10-12-23)20(24)21-15-7-8-17-16-5-3-4-6-18(16)27-19(17)13-15/h3-8,13-14H,9-12H2,1-2H3,(H,21,24). The highest BCUT2D eigenvalue weighted by Gasteiger charge is 2.32. The van der Waals surface area contributed by atoms with E-state index >= 15 is 0 Å². The van der Waals surface area contributed by atoms with Crippen LogP contribution in [0.15, 0.2) is 46.9 Å². The number of fused-ring (bicyclic) bond motifs is 3. The molecule has 1 fully saturated rings. The maximum atomic E-state index is 12.6. The molecule has 1 amide bonds. The van der Waals surface area contributed by atoms with Gasteiger partial charge in [-0.2, -0.15) is 17.0 Å². The van der Waals surface area contributed by atoms with Gasteiger partial charge < -0.3 is 9.73 Å². The molecule has 28 heavy (non-hydrogen) atoms. The van der Waals surface area contributed by atoms with E-state index in [1.54, 1.807) is 0 Å². The minimum absolute atomic E-state index is 0.0858. The second kappa shape index (κ2) is 7.20. The molecule has 1 aliphatic rings. The number of furan rings is 1. The molecule has 2 heterocycles. The van der Waals surface area contributed by atoms with Gasteiger partial charge in [0.05, 0.1) is 0 Å². The highest BCUT2D eigenvalue weighted by molar-refractivity contribution is 7.86. The summed E-state index contributed by atoms with van der Waals surface area (Å²) >= 11 is 0. The summed E-state index contributed by atoms with van der Waals surface area (Å²) in [6.07, 6.45) is 1.01. The third-order valence-electron chi connectivity index (χ3n) is 5.26. The van der Waals surface area contributed by atoms with Crippen molar-refractivity contribution in [1.29, 1.82) is 0 Å². The van der Waals surface area contributed by atoms with Crippen molar-refractivity contribution in [3.8, 4) is 0 Å². The summed E-state index contributed by atoms with van der Waals surface area (Å²) in [6, 6.07) is 13.5. The fourth-order valence-corrected chi connectivity index (χ4v) is 4.76. The number of hydrogen-bond donors (Lipinski definition) is 1. The Morgan fingerprint density at radius 3 is 2.46 bits per heavy atom. The first kappa shape index (κ1) is 18.9. The Balaban J connectivity index is 1.45. The molecule has 7 nitrogen and oxygen atoms in total. The van der Waals surface area contributed by atoms with Crippen LogP contribution in [0.1, 0.15) is 12.8 Å². The highest BCUT2D eigenvalue weighted by atomic mass is 32.2. The van der Waals surface area contributed by atoms with Gasteiger partial charge in [-0.3, -0.25) is 4.79 Å². The van der Waals surface area contributed by atoms with Crippen LogP contribution in [0.5, 0.6) is 0 Å². The first-order valence-electron chi connectivity index (χ1n) is 9.26. The molecular formula is C20H23N3O4S. The van der Waals surface area contributed by atoms with Crippen molar-refractivity contribution < 1.29 is 17.6 Å². The number of nitrogens with one attached hydrogen (secondary N) is 1. The zero-order valence-corrected chi connectivity index (χ0v) is 16.7. The summed E-state index contributed by atoms with van der Waals surface area (Å²) in [5, 5.41) is 5.00. The molecule has 0 atom stereocenters. The minimum Gasteiger partial charge on any atom is -0.456 e. The topological polar surface area (TPSA) is 82.9 Å². The second-order valence-corrected chi connectivity index (χ2v) is 9.40. The Bertz CT molecular complexity index is 1130. The number of piperidine rings is 1. The Morgan fingerprint density at radius 1 is 1.07 bits per heavy atom. The molecule has 1 aliphatic heterocycles. The average molecular weight is 401 g/mol. The van der Waals surface area contributed by atoms with E-state index in [4.69, 9.17) is 4.42 Å². The number of rotatable bonds is 4. The average Bonchev–Trinajstić information content (AvgIpc) is 3.05. The predicted octanol–water partition coefficient (Wildman–Crippen LogP) is 3.04. The Kier molecular flexibility index (Phi) is 4.86. The van der Waals surface area contributed by atoms with Crippen molar-refractivity contribution in [2.24, 2.45) is 5.92 Å². The van der Waals surface area contributed by atoms with Gasteiger partial charge in [0.15, 0.2) is 0 Å². The van der Waals surface area contributed by atoms with E-state index in [1.807, 2.05) is 42.5 Å². The fraction of sp³-hybridized carbons (Fsp3) is 0.350. The molecule has 1 aromatic heterocycles. The van der Waals surface area contributed by atoms with Crippen LogP contribution in [0.2, 0.25) is 0 Å². The monoisotopic (exact) mass is 401 g/mol. The summed E-state index contributed by atoms with van der Waals surface area (Å²) in [4.78, 5) is 12.6. The fourth-order valence-electron chi connectivity index (χ4n) is 3.63. The van der Waals surface area contributed by atoms with E-state index in [-0.39, 0.29) is 11.8 Å². The molecule has 0 unspecified atom stereocenters. The quantitative estimate of drug-likeness (QED) is 0.728. The number of anilines is 1. The van der Waals surface area contributed by atoms with Gasteiger partial charge in [0.2, 0.25) is 5.91 Å². The number of carbonyl (C=O) groups is 1. The maximum Gasteiger partial charge on any atom is 0.281 e. The summed E-state index contributed by atoms with van der Waals surface area (Å²) < 4.78 is 32.9. The smallest absolute Gasteiger partial charge is 0.281 e. The molecular weight excluding hydrogens is 378 g/mol. The summed E-state index contributed by atoms with van der Waals surface area (Å²) in [7, 11) is -0.390. The molecule has 8 heteroatoms. The molecule has 2 aromatic carbocycles. The van der Waals surface area contributed by atoms with Crippen LogP contribution >= 0.6 is 0 Å². The molecule has 0 saturated carbocycles. The molecule has 0 bridgehead atoms. The number of amides is 1. The first-order chi connectivity index (χ1) is 13.4. The van der Waals surface area contributed by atoms with Gasteiger partial charge >= 0.3 is 0 Å². The van der Waals surface area contributed by atoms with Crippen LogP contribution in [0, 0.1) is 5.92 Å². The minimum atomic E-state index is -3.42. The number of hydrogen-bond acceptors (Lipinski definition) is 4. The SMILES string of the molecule is CN(C)S(=O)(=O)N1CCC(C(=O)Nc2ccc3c(c2)oc2ccccc23)CC1. The lowest BCUT2D eigenvalue weighted by atomic mass is 9.97. The molecule has 3 aromatic rings. The second-order valence-electron chi connectivity index (χ2n) is 7.26. The molecule has 0 aliphatic carbocycles. The van der Waals surface area contributed by atoms with Crippen LogP contribution in [0.3, 0.4) is 0 Å². The normalized spacial score (nSPS) is 16.8. The van der Waals surface area contributed by atoms with Gasteiger partial charge in [-0.15, -0.1) is 0 Å². The van der Waals surface area contributed by atoms with Crippen LogP contribution in [0.25, 0.3) is 21.9 Å². The first-order valence-corrected chi connectivity index (χ1v) is 10.7. The molecule has 0 spiro atoms. The number of benzene rings is 2. The van der Waals surface area contributed by atoms with Crippen LogP contribution < -0.4 is 5.32 Å². The highest BCUT2D eigenvalue weighted by Crippen LogP contribution is 2.31. The van der Waals surface area contributed by atoms with Crippen LogP contribution in [-0.4, -0.2) is 50.1 Å². The largest absolute Gasteiger partial charge is 0.456 e. The van der Waals surface area contributed by atoms with Crippen molar-refractivity contribution >= 4 is 43.7 Å². The Labute approximate surface area is 164 Å². The predicted molar refractivity (Wildman–Crippen MR) is 109 cm³/mol. The van der Waals surface area contributed by atoms with E-state index in [1.165, 1.54) is 22.7 Å². The summed E-state index contributed by atoms with van der Waals surface area (Å²) in [6.45, 7) is 0.697.